The number of rotatable bonds is 4. The molecule has 2 fully saturated rings. The standard InChI is InChI=1S/C19H28N2O3S/c1-18(2,3)25(23,24)13-14-5-4-6-15(11-14)21-17(22)16-12-19(16)7-9-20-10-8-19/h4-6,11,16,20H,7-10,12-13H2,1-3H3,(H,21,22). The molecule has 1 heterocycles. The summed E-state index contributed by atoms with van der Waals surface area (Å²) in [6, 6.07) is 7.20. The largest absolute Gasteiger partial charge is 0.326 e. The Bertz CT molecular complexity index is 759. The van der Waals surface area contributed by atoms with Gasteiger partial charge < -0.3 is 10.6 Å². The molecule has 1 spiro atoms. The van der Waals surface area contributed by atoms with Crippen LogP contribution in [-0.4, -0.2) is 32.2 Å². The molecule has 25 heavy (non-hydrogen) atoms. The monoisotopic (exact) mass is 364 g/mol. The lowest BCUT2D eigenvalue weighted by molar-refractivity contribution is -0.118. The molecule has 1 aromatic rings. The second-order valence-corrected chi connectivity index (χ2v) is 11.2. The molecule has 0 aromatic heterocycles. The molecule has 5 nitrogen and oxygen atoms in total. The smallest absolute Gasteiger partial charge is 0.228 e. The van der Waals surface area contributed by atoms with Crippen LogP contribution in [0, 0.1) is 11.3 Å². The lowest BCUT2D eigenvalue weighted by Gasteiger charge is -2.23. The minimum absolute atomic E-state index is 0.0146. The quantitative estimate of drug-likeness (QED) is 0.861. The van der Waals surface area contributed by atoms with E-state index in [1.165, 1.54) is 0 Å². The molecular weight excluding hydrogens is 336 g/mol. The Morgan fingerprint density at radius 1 is 1.28 bits per heavy atom. The molecule has 1 aliphatic heterocycles. The number of carbonyl (C=O) groups excluding carboxylic acids is 1. The zero-order chi connectivity index (χ0) is 18.3. The van der Waals surface area contributed by atoms with Gasteiger partial charge in [-0.2, -0.15) is 0 Å². The predicted molar refractivity (Wildman–Crippen MR) is 100 cm³/mol. The van der Waals surface area contributed by atoms with Crippen molar-refractivity contribution in [3.8, 4) is 0 Å². The number of carbonyl (C=O) groups is 1. The highest BCUT2D eigenvalue weighted by atomic mass is 32.2. The Labute approximate surface area is 150 Å². The summed E-state index contributed by atoms with van der Waals surface area (Å²) in [6.45, 7) is 7.10. The van der Waals surface area contributed by atoms with Gasteiger partial charge in [0.05, 0.1) is 10.5 Å². The van der Waals surface area contributed by atoms with Crippen molar-refractivity contribution in [2.75, 3.05) is 18.4 Å². The van der Waals surface area contributed by atoms with Gasteiger partial charge in [-0.15, -0.1) is 0 Å². The highest BCUT2D eigenvalue weighted by Gasteiger charge is 2.57. The molecule has 0 bridgehead atoms. The minimum atomic E-state index is -3.24. The zero-order valence-corrected chi connectivity index (χ0v) is 16.1. The summed E-state index contributed by atoms with van der Waals surface area (Å²) in [6.07, 6.45) is 3.10. The third kappa shape index (κ3) is 3.90. The molecule has 2 aliphatic rings. The van der Waals surface area contributed by atoms with Crippen molar-refractivity contribution in [3.63, 3.8) is 0 Å². The van der Waals surface area contributed by atoms with Crippen LogP contribution in [0.2, 0.25) is 0 Å². The minimum Gasteiger partial charge on any atom is -0.326 e. The van der Waals surface area contributed by atoms with E-state index in [9.17, 15) is 13.2 Å². The lowest BCUT2D eigenvalue weighted by atomic mass is 9.92. The molecule has 1 aromatic carbocycles. The SMILES string of the molecule is CC(C)(C)S(=O)(=O)Cc1cccc(NC(=O)C2CC23CCNCC3)c1. The molecule has 2 N–H and O–H groups in total. The van der Waals surface area contributed by atoms with E-state index in [1.54, 1.807) is 39.0 Å². The normalized spacial score (nSPS) is 22.6. The number of hydrogen-bond donors (Lipinski definition) is 2. The highest BCUT2D eigenvalue weighted by Crippen LogP contribution is 2.58. The van der Waals surface area contributed by atoms with Crippen molar-refractivity contribution >= 4 is 21.4 Å². The number of hydrogen-bond acceptors (Lipinski definition) is 4. The summed E-state index contributed by atoms with van der Waals surface area (Å²) in [5, 5.41) is 6.33. The van der Waals surface area contributed by atoms with Crippen LogP contribution in [0.15, 0.2) is 24.3 Å². The first-order valence-electron chi connectivity index (χ1n) is 8.96. The summed E-state index contributed by atoms with van der Waals surface area (Å²) in [4.78, 5) is 12.6. The number of amides is 1. The van der Waals surface area contributed by atoms with Crippen molar-refractivity contribution < 1.29 is 13.2 Å². The number of benzene rings is 1. The Morgan fingerprint density at radius 2 is 1.96 bits per heavy atom. The van der Waals surface area contributed by atoms with Crippen molar-refractivity contribution in [2.24, 2.45) is 11.3 Å². The van der Waals surface area contributed by atoms with Gasteiger partial charge in [0, 0.05) is 11.6 Å². The first kappa shape index (κ1) is 18.4. The van der Waals surface area contributed by atoms with Gasteiger partial charge in [-0.25, -0.2) is 8.42 Å². The Hall–Kier alpha value is -1.40. The maximum absolute atomic E-state index is 12.6. The number of piperidine rings is 1. The first-order chi connectivity index (χ1) is 11.6. The van der Waals surface area contributed by atoms with E-state index in [-0.39, 0.29) is 23.0 Å². The third-order valence-corrected chi connectivity index (χ3v) is 8.17. The third-order valence-electron chi connectivity index (χ3n) is 5.59. The van der Waals surface area contributed by atoms with E-state index >= 15 is 0 Å². The molecule has 0 radical (unpaired) electrons. The predicted octanol–water partition coefficient (Wildman–Crippen LogP) is 2.73. The van der Waals surface area contributed by atoms with Crippen molar-refractivity contribution in [3.05, 3.63) is 29.8 Å². The fourth-order valence-corrected chi connectivity index (χ4v) is 4.65. The number of sulfone groups is 1. The summed E-state index contributed by atoms with van der Waals surface area (Å²) in [5.41, 5.74) is 1.59. The van der Waals surface area contributed by atoms with Crippen LogP contribution in [0.3, 0.4) is 0 Å². The molecule has 1 aliphatic carbocycles. The topological polar surface area (TPSA) is 75.3 Å². The second-order valence-electron chi connectivity index (χ2n) is 8.43. The molecular formula is C19H28N2O3S. The van der Waals surface area contributed by atoms with Gasteiger partial charge in [0.2, 0.25) is 5.91 Å². The van der Waals surface area contributed by atoms with E-state index in [1.807, 2.05) is 6.07 Å². The van der Waals surface area contributed by atoms with Crippen LogP contribution in [-0.2, 0) is 20.4 Å². The maximum Gasteiger partial charge on any atom is 0.228 e. The van der Waals surface area contributed by atoms with Crippen LogP contribution in [0.4, 0.5) is 5.69 Å². The van der Waals surface area contributed by atoms with Gasteiger partial charge in [0.1, 0.15) is 0 Å². The fraction of sp³-hybridized carbons (Fsp3) is 0.632. The summed E-state index contributed by atoms with van der Waals surface area (Å²) in [7, 11) is -3.24. The van der Waals surface area contributed by atoms with Crippen LogP contribution in [0.5, 0.6) is 0 Å². The van der Waals surface area contributed by atoms with E-state index in [4.69, 9.17) is 0 Å². The molecule has 1 amide bonds. The van der Waals surface area contributed by atoms with E-state index in [2.05, 4.69) is 10.6 Å². The summed E-state index contributed by atoms with van der Waals surface area (Å²) in [5.74, 6) is 0.147. The first-order valence-corrected chi connectivity index (χ1v) is 10.6. The van der Waals surface area contributed by atoms with Crippen LogP contribution >= 0.6 is 0 Å². The summed E-state index contributed by atoms with van der Waals surface area (Å²) >= 11 is 0. The van der Waals surface area contributed by atoms with Gasteiger partial charge in [-0.1, -0.05) is 12.1 Å². The lowest BCUT2D eigenvalue weighted by Crippen LogP contribution is -2.31. The Morgan fingerprint density at radius 3 is 2.60 bits per heavy atom. The summed E-state index contributed by atoms with van der Waals surface area (Å²) < 4.78 is 24.0. The molecule has 3 rings (SSSR count). The van der Waals surface area contributed by atoms with Crippen molar-refractivity contribution in [1.82, 2.24) is 5.32 Å². The highest BCUT2D eigenvalue weighted by molar-refractivity contribution is 7.91. The molecule has 1 saturated heterocycles. The average molecular weight is 365 g/mol. The van der Waals surface area contributed by atoms with E-state index in [0.29, 0.717) is 11.3 Å². The molecule has 6 heteroatoms. The fourth-order valence-electron chi connectivity index (χ4n) is 3.60. The second kappa shape index (κ2) is 6.40. The average Bonchev–Trinajstić information content (AvgIpc) is 3.20. The Kier molecular flexibility index (Phi) is 4.71. The molecule has 1 saturated carbocycles. The van der Waals surface area contributed by atoms with Gasteiger partial charge in [-0.05, 0) is 76.2 Å². The molecule has 138 valence electrons. The zero-order valence-electron chi connectivity index (χ0n) is 15.3. The van der Waals surface area contributed by atoms with Gasteiger partial charge in [-0.3, -0.25) is 4.79 Å². The van der Waals surface area contributed by atoms with Crippen LogP contribution in [0.1, 0.15) is 45.6 Å². The van der Waals surface area contributed by atoms with Crippen LogP contribution in [0.25, 0.3) is 0 Å². The van der Waals surface area contributed by atoms with E-state index in [0.717, 1.165) is 32.4 Å². The van der Waals surface area contributed by atoms with E-state index < -0.39 is 14.6 Å². The maximum atomic E-state index is 12.6. The number of nitrogens with one attached hydrogen (secondary N) is 2. The van der Waals surface area contributed by atoms with Crippen molar-refractivity contribution in [1.29, 1.82) is 0 Å². The number of anilines is 1. The van der Waals surface area contributed by atoms with Crippen molar-refractivity contribution in [2.45, 2.75) is 50.5 Å². The van der Waals surface area contributed by atoms with Gasteiger partial charge >= 0.3 is 0 Å². The van der Waals surface area contributed by atoms with Crippen LogP contribution < -0.4 is 10.6 Å². The van der Waals surface area contributed by atoms with Gasteiger partial charge in [0.25, 0.3) is 0 Å². The van der Waals surface area contributed by atoms with Gasteiger partial charge in [0.15, 0.2) is 9.84 Å². The molecule has 1 atom stereocenters. The Balaban J connectivity index is 1.65. The molecule has 1 unspecified atom stereocenters.